The molecule has 108 valence electrons. The first kappa shape index (κ1) is 14.8. The lowest BCUT2D eigenvalue weighted by atomic mass is 10.0. The van der Waals surface area contributed by atoms with Crippen molar-refractivity contribution in [2.75, 3.05) is 25.5 Å². The second-order valence-corrected chi connectivity index (χ2v) is 6.07. The molecule has 0 saturated carbocycles. The molecule has 2 unspecified atom stereocenters. The van der Waals surface area contributed by atoms with Gasteiger partial charge in [-0.05, 0) is 26.3 Å². The van der Waals surface area contributed by atoms with E-state index in [2.05, 4.69) is 22.4 Å². The number of nitrogens with one attached hydrogen (secondary N) is 1. The summed E-state index contributed by atoms with van der Waals surface area (Å²) in [7, 11) is 2.02. The summed E-state index contributed by atoms with van der Waals surface area (Å²) in [4.78, 5) is 0. The van der Waals surface area contributed by atoms with E-state index >= 15 is 0 Å². The largest absolute Gasteiger partial charge is 0.381 e. The van der Waals surface area contributed by atoms with Gasteiger partial charge in [-0.25, -0.2) is 0 Å². The maximum Gasteiger partial charge on any atom is 0.190 e. The van der Waals surface area contributed by atoms with Crippen molar-refractivity contribution in [1.29, 1.82) is 0 Å². The standard InChI is InChI=1S/C13H24N4OS/c1-4-6-14-12(11-5-7-18-8-11)9-19-13-16-15-10(2)17(13)3/h11-12,14H,4-9H2,1-3H3. The third-order valence-electron chi connectivity index (χ3n) is 3.64. The molecule has 0 amide bonds. The van der Waals surface area contributed by atoms with Crippen LogP contribution >= 0.6 is 11.8 Å². The van der Waals surface area contributed by atoms with Crippen LogP contribution in [0.2, 0.25) is 0 Å². The molecule has 5 nitrogen and oxygen atoms in total. The first-order valence-corrected chi connectivity index (χ1v) is 8.00. The van der Waals surface area contributed by atoms with E-state index in [4.69, 9.17) is 4.74 Å². The van der Waals surface area contributed by atoms with Gasteiger partial charge >= 0.3 is 0 Å². The average Bonchev–Trinajstić information content (AvgIpc) is 3.03. The van der Waals surface area contributed by atoms with Crippen LogP contribution in [-0.2, 0) is 11.8 Å². The lowest BCUT2D eigenvalue weighted by molar-refractivity contribution is 0.179. The summed E-state index contributed by atoms with van der Waals surface area (Å²) in [6.45, 7) is 7.05. The molecule has 1 aromatic heterocycles. The van der Waals surface area contributed by atoms with Crippen LogP contribution in [0.1, 0.15) is 25.6 Å². The Bertz CT molecular complexity index is 390. The Labute approximate surface area is 119 Å². The molecule has 0 aliphatic carbocycles. The van der Waals surface area contributed by atoms with Crippen molar-refractivity contribution in [2.45, 2.75) is 37.9 Å². The topological polar surface area (TPSA) is 52.0 Å². The maximum absolute atomic E-state index is 5.52. The van der Waals surface area contributed by atoms with Gasteiger partial charge in [0.2, 0.25) is 0 Å². The highest BCUT2D eigenvalue weighted by Gasteiger charge is 2.25. The summed E-state index contributed by atoms with van der Waals surface area (Å²) in [5.41, 5.74) is 0. The zero-order chi connectivity index (χ0) is 13.7. The highest BCUT2D eigenvalue weighted by Crippen LogP contribution is 2.23. The molecule has 2 heterocycles. The van der Waals surface area contributed by atoms with E-state index in [1.165, 1.54) is 6.42 Å². The fourth-order valence-corrected chi connectivity index (χ4v) is 3.38. The fourth-order valence-electron chi connectivity index (χ4n) is 2.24. The van der Waals surface area contributed by atoms with Crippen LogP contribution in [0.4, 0.5) is 0 Å². The van der Waals surface area contributed by atoms with Gasteiger partial charge in [0.05, 0.1) is 6.61 Å². The summed E-state index contributed by atoms with van der Waals surface area (Å²) < 4.78 is 7.56. The molecule has 2 rings (SSSR count). The number of nitrogens with zero attached hydrogens (tertiary/aromatic N) is 3. The molecule has 2 atom stereocenters. The van der Waals surface area contributed by atoms with Gasteiger partial charge < -0.3 is 14.6 Å². The predicted octanol–water partition coefficient (Wildman–Crippen LogP) is 1.62. The third kappa shape index (κ3) is 3.94. The van der Waals surface area contributed by atoms with Crippen molar-refractivity contribution in [3.05, 3.63) is 5.82 Å². The molecular weight excluding hydrogens is 260 g/mol. The number of hydrogen-bond donors (Lipinski definition) is 1. The molecule has 0 aromatic carbocycles. The van der Waals surface area contributed by atoms with Crippen LogP contribution < -0.4 is 5.32 Å². The van der Waals surface area contributed by atoms with Gasteiger partial charge in [0.1, 0.15) is 5.82 Å². The van der Waals surface area contributed by atoms with Crippen LogP contribution in [-0.4, -0.2) is 46.3 Å². The summed E-state index contributed by atoms with van der Waals surface area (Å²) in [6, 6.07) is 0.504. The second-order valence-electron chi connectivity index (χ2n) is 5.08. The first-order chi connectivity index (χ1) is 9.22. The number of aryl methyl sites for hydroxylation is 1. The highest BCUT2D eigenvalue weighted by atomic mass is 32.2. The van der Waals surface area contributed by atoms with Crippen molar-refractivity contribution in [3.8, 4) is 0 Å². The number of thioether (sulfide) groups is 1. The van der Waals surface area contributed by atoms with Crippen molar-refractivity contribution >= 4 is 11.8 Å². The minimum absolute atomic E-state index is 0.504. The number of hydrogen-bond acceptors (Lipinski definition) is 5. The second kappa shape index (κ2) is 7.26. The van der Waals surface area contributed by atoms with E-state index in [-0.39, 0.29) is 0 Å². The van der Waals surface area contributed by atoms with Gasteiger partial charge in [-0.1, -0.05) is 18.7 Å². The molecule has 0 bridgehead atoms. The molecule has 19 heavy (non-hydrogen) atoms. The normalized spacial score (nSPS) is 20.9. The SMILES string of the molecule is CCCNC(CSc1nnc(C)n1C)C1CCOC1. The number of aromatic nitrogens is 3. The molecule has 0 spiro atoms. The van der Waals surface area contributed by atoms with Crippen LogP contribution in [0, 0.1) is 12.8 Å². The predicted molar refractivity (Wildman–Crippen MR) is 77.5 cm³/mol. The average molecular weight is 284 g/mol. The summed E-state index contributed by atoms with van der Waals surface area (Å²) in [5, 5.41) is 13.0. The van der Waals surface area contributed by atoms with E-state index in [1.54, 1.807) is 11.8 Å². The Morgan fingerprint density at radius 2 is 2.37 bits per heavy atom. The van der Waals surface area contributed by atoms with Crippen LogP contribution in [0.3, 0.4) is 0 Å². The van der Waals surface area contributed by atoms with Gasteiger partial charge in [-0.2, -0.15) is 0 Å². The van der Waals surface area contributed by atoms with Crippen molar-refractivity contribution in [2.24, 2.45) is 13.0 Å². The quantitative estimate of drug-likeness (QED) is 0.771. The lowest BCUT2D eigenvalue weighted by Crippen LogP contribution is -2.39. The maximum atomic E-state index is 5.52. The summed E-state index contributed by atoms with van der Waals surface area (Å²) in [5.74, 6) is 2.62. The molecule has 1 aromatic rings. The molecule has 1 aliphatic rings. The summed E-state index contributed by atoms with van der Waals surface area (Å²) >= 11 is 1.78. The van der Waals surface area contributed by atoms with E-state index < -0.39 is 0 Å². The van der Waals surface area contributed by atoms with E-state index in [1.807, 2.05) is 18.5 Å². The van der Waals surface area contributed by atoms with Gasteiger partial charge in [-0.3, -0.25) is 0 Å². The molecule has 1 aliphatic heterocycles. The van der Waals surface area contributed by atoms with Crippen LogP contribution in [0.25, 0.3) is 0 Å². The minimum atomic E-state index is 0.504. The Balaban J connectivity index is 1.89. The third-order valence-corrected chi connectivity index (χ3v) is 4.77. The molecular formula is C13H24N4OS. The molecule has 1 N–H and O–H groups in total. The molecule has 0 radical (unpaired) electrons. The lowest BCUT2D eigenvalue weighted by Gasteiger charge is -2.23. The summed E-state index contributed by atoms with van der Waals surface area (Å²) in [6.07, 6.45) is 2.33. The molecule has 1 saturated heterocycles. The zero-order valence-corrected chi connectivity index (χ0v) is 12.9. The Morgan fingerprint density at radius 3 is 2.95 bits per heavy atom. The van der Waals surface area contributed by atoms with E-state index in [0.29, 0.717) is 12.0 Å². The van der Waals surface area contributed by atoms with E-state index in [9.17, 15) is 0 Å². The fraction of sp³-hybridized carbons (Fsp3) is 0.846. The van der Waals surface area contributed by atoms with Crippen molar-refractivity contribution in [1.82, 2.24) is 20.1 Å². The van der Waals surface area contributed by atoms with Gasteiger partial charge in [0.15, 0.2) is 5.16 Å². The van der Waals surface area contributed by atoms with Crippen molar-refractivity contribution < 1.29 is 4.74 Å². The van der Waals surface area contributed by atoms with Gasteiger partial charge in [0.25, 0.3) is 0 Å². The van der Waals surface area contributed by atoms with Crippen LogP contribution in [0.15, 0.2) is 5.16 Å². The highest BCUT2D eigenvalue weighted by molar-refractivity contribution is 7.99. The number of ether oxygens (including phenoxy) is 1. The molecule has 6 heteroatoms. The monoisotopic (exact) mass is 284 g/mol. The Morgan fingerprint density at radius 1 is 1.53 bits per heavy atom. The zero-order valence-electron chi connectivity index (χ0n) is 12.1. The van der Waals surface area contributed by atoms with Gasteiger partial charge in [0, 0.05) is 31.4 Å². The number of rotatable bonds is 7. The van der Waals surface area contributed by atoms with Crippen LogP contribution in [0.5, 0.6) is 0 Å². The minimum Gasteiger partial charge on any atom is -0.381 e. The van der Waals surface area contributed by atoms with E-state index in [0.717, 1.165) is 42.9 Å². The first-order valence-electron chi connectivity index (χ1n) is 7.02. The Kier molecular flexibility index (Phi) is 5.66. The van der Waals surface area contributed by atoms with Crippen molar-refractivity contribution in [3.63, 3.8) is 0 Å². The van der Waals surface area contributed by atoms with Gasteiger partial charge in [-0.15, -0.1) is 10.2 Å². The smallest absolute Gasteiger partial charge is 0.190 e. The molecule has 1 fully saturated rings. The Hall–Kier alpha value is -0.590.